The molecule has 6 heteroatoms. The van der Waals surface area contributed by atoms with Gasteiger partial charge in [-0.3, -0.25) is 14.4 Å². The highest BCUT2D eigenvalue weighted by molar-refractivity contribution is 5.71. The van der Waals surface area contributed by atoms with Gasteiger partial charge in [-0.05, 0) is 109 Å². The lowest BCUT2D eigenvalue weighted by atomic mass is 10.1. The molecule has 0 aliphatic carbocycles. The Hall–Kier alpha value is -3.15. The van der Waals surface area contributed by atoms with E-state index >= 15 is 0 Å². The summed E-state index contributed by atoms with van der Waals surface area (Å²) < 4.78 is 16.8. The number of carbonyl (C=O) groups is 3. The van der Waals surface area contributed by atoms with Crippen molar-refractivity contribution in [3.63, 3.8) is 0 Å². The highest BCUT2D eigenvalue weighted by atomic mass is 16.6. The predicted molar refractivity (Wildman–Crippen MR) is 279 cm³/mol. The van der Waals surface area contributed by atoms with E-state index in [1.807, 2.05) is 0 Å². The molecule has 0 aliphatic heterocycles. The van der Waals surface area contributed by atoms with E-state index < -0.39 is 6.10 Å². The lowest BCUT2D eigenvalue weighted by Gasteiger charge is -2.18. The first-order chi connectivity index (χ1) is 32.0. The third-order valence-electron chi connectivity index (χ3n) is 11.7. The zero-order chi connectivity index (χ0) is 47.2. The smallest absolute Gasteiger partial charge is 0.306 e. The molecule has 0 saturated heterocycles. The van der Waals surface area contributed by atoms with Crippen molar-refractivity contribution in [2.24, 2.45) is 0 Å². The number of rotatable bonds is 49. The van der Waals surface area contributed by atoms with E-state index in [-0.39, 0.29) is 31.1 Å². The van der Waals surface area contributed by atoms with Crippen LogP contribution in [0.5, 0.6) is 0 Å². The van der Waals surface area contributed by atoms with Gasteiger partial charge in [-0.1, -0.05) is 209 Å². The minimum atomic E-state index is -0.783. The molecule has 0 rings (SSSR count). The third kappa shape index (κ3) is 51.7. The SMILES string of the molecule is CC/C=C\C/C=C\C/C=C\C/C=C\CCCCCCCCCCCCC(=O)OCC(COC(=O)CCCCCCC/C=C\CCCCC)OC(=O)CCCCCCC/C=C\CCCCC. The van der Waals surface area contributed by atoms with Gasteiger partial charge in [0.1, 0.15) is 13.2 Å². The Balaban J connectivity index is 4.29. The Morgan fingerprint density at radius 3 is 0.954 bits per heavy atom. The van der Waals surface area contributed by atoms with Crippen molar-refractivity contribution in [2.75, 3.05) is 13.2 Å². The summed E-state index contributed by atoms with van der Waals surface area (Å²) in [4.78, 5) is 38.0. The second-order valence-corrected chi connectivity index (χ2v) is 18.1. The molecule has 0 aromatic carbocycles. The molecule has 0 heterocycles. The summed E-state index contributed by atoms with van der Waals surface area (Å²) in [6.07, 6.45) is 67.5. The minimum absolute atomic E-state index is 0.0830. The number of unbranched alkanes of at least 4 members (excludes halogenated alkanes) is 26. The number of hydrogen-bond acceptors (Lipinski definition) is 6. The van der Waals surface area contributed by atoms with Gasteiger partial charge in [-0.2, -0.15) is 0 Å². The highest BCUT2D eigenvalue weighted by Crippen LogP contribution is 2.15. The Morgan fingerprint density at radius 2 is 0.600 bits per heavy atom. The maximum absolute atomic E-state index is 12.8. The van der Waals surface area contributed by atoms with Gasteiger partial charge >= 0.3 is 17.9 Å². The van der Waals surface area contributed by atoms with E-state index in [0.717, 1.165) is 103 Å². The molecule has 0 N–H and O–H groups in total. The lowest BCUT2D eigenvalue weighted by molar-refractivity contribution is -0.167. The summed E-state index contributed by atoms with van der Waals surface area (Å²) in [6, 6.07) is 0. The van der Waals surface area contributed by atoms with Crippen molar-refractivity contribution in [3.8, 4) is 0 Å². The van der Waals surface area contributed by atoms with Crippen LogP contribution in [0.4, 0.5) is 0 Å². The second kappa shape index (κ2) is 53.5. The van der Waals surface area contributed by atoms with Crippen molar-refractivity contribution >= 4 is 17.9 Å². The molecule has 1 atom stereocenters. The van der Waals surface area contributed by atoms with Crippen LogP contribution in [0.15, 0.2) is 72.9 Å². The molecule has 0 aromatic rings. The van der Waals surface area contributed by atoms with E-state index in [2.05, 4.69) is 93.7 Å². The average Bonchev–Trinajstić information content (AvgIpc) is 3.30. The maximum atomic E-state index is 12.8. The molecule has 374 valence electrons. The van der Waals surface area contributed by atoms with Crippen molar-refractivity contribution < 1.29 is 28.6 Å². The van der Waals surface area contributed by atoms with E-state index in [0.29, 0.717) is 19.3 Å². The van der Waals surface area contributed by atoms with Crippen molar-refractivity contribution in [1.29, 1.82) is 0 Å². The van der Waals surface area contributed by atoms with Gasteiger partial charge in [0.15, 0.2) is 6.10 Å². The predicted octanol–water partition coefficient (Wildman–Crippen LogP) is 18.2. The zero-order valence-corrected chi connectivity index (χ0v) is 42.7. The molecule has 0 bridgehead atoms. The fraction of sp³-hybridized carbons (Fsp3) is 0.746. The first kappa shape index (κ1) is 61.9. The lowest BCUT2D eigenvalue weighted by Crippen LogP contribution is -2.30. The van der Waals surface area contributed by atoms with Gasteiger partial charge in [0.05, 0.1) is 0 Å². The first-order valence-corrected chi connectivity index (χ1v) is 27.4. The minimum Gasteiger partial charge on any atom is -0.462 e. The molecule has 0 amide bonds. The summed E-state index contributed by atoms with van der Waals surface area (Å²) in [6.45, 7) is 6.47. The Labute approximate surface area is 402 Å². The molecule has 0 saturated carbocycles. The molecule has 6 nitrogen and oxygen atoms in total. The topological polar surface area (TPSA) is 78.9 Å². The Bertz CT molecular complexity index is 1230. The molecular weight excluding hydrogens is 805 g/mol. The average molecular weight is 907 g/mol. The first-order valence-electron chi connectivity index (χ1n) is 27.4. The van der Waals surface area contributed by atoms with Crippen LogP contribution in [0.1, 0.15) is 265 Å². The second-order valence-electron chi connectivity index (χ2n) is 18.1. The summed E-state index contributed by atoms with van der Waals surface area (Å²) in [5.41, 5.74) is 0. The van der Waals surface area contributed by atoms with Gasteiger partial charge in [0.25, 0.3) is 0 Å². The summed E-state index contributed by atoms with van der Waals surface area (Å²) in [5, 5.41) is 0. The molecule has 0 fully saturated rings. The number of carbonyl (C=O) groups excluding carboxylic acids is 3. The molecule has 1 unspecified atom stereocenters. The quantitative estimate of drug-likeness (QED) is 0.0262. The molecule has 65 heavy (non-hydrogen) atoms. The van der Waals surface area contributed by atoms with E-state index in [4.69, 9.17) is 14.2 Å². The fourth-order valence-corrected chi connectivity index (χ4v) is 7.54. The highest BCUT2D eigenvalue weighted by Gasteiger charge is 2.19. The Kier molecular flexibility index (Phi) is 50.9. The number of esters is 3. The van der Waals surface area contributed by atoms with Crippen LogP contribution in [0.3, 0.4) is 0 Å². The van der Waals surface area contributed by atoms with Crippen LogP contribution >= 0.6 is 0 Å². The van der Waals surface area contributed by atoms with Crippen molar-refractivity contribution in [2.45, 2.75) is 271 Å². The van der Waals surface area contributed by atoms with Gasteiger partial charge in [0.2, 0.25) is 0 Å². The zero-order valence-electron chi connectivity index (χ0n) is 42.7. The van der Waals surface area contributed by atoms with Gasteiger partial charge in [-0.15, -0.1) is 0 Å². The summed E-state index contributed by atoms with van der Waals surface area (Å²) in [5.74, 6) is -0.902. The normalized spacial score (nSPS) is 12.6. The van der Waals surface area contributed by atoms with Crippen LogP contribution in [0, 0.1) is 0 Å². The standard InChI is InChI=1S/C59H102O6/c1-4-7-10-13-16-19-22-25-26-27-28-29-30-31-32-33-34-35-38-40-43-46-49-52-58(61)64-55-56(65-59(62)53-50-47-44-41-37-24-21-18-15-12-9-6-3)54-63-57(60)51-48-45-42-39-36-23-20-17-14-11-8-5-2/h7,10,16-21,25-26,28-29,56H,4-6,8-9,11-15,22-24,27,30-55H2,1-3H3/b10-7-,19-16-,20-17-,21-18-,26-25-,29-28-. The number of ether oxygens (including phenoxy) is 3. The van der Waals surface area contributed by atoms with Crippen LogP contribution in [0.2, 0.25) is 0 Å². The summed E-state index contributed by atoms with van der Waals surface area (Å²) in [7, 11) is 0. The van der Waals surface area contributed by atoms with Gasteiger partial charge in [-0.25, -0.2) is 0 Å². The third-order valence-corrected chi connectivity index (χ3v) is 11.7. The monoisotopic (exact) mass is 907 g/mol. The van der Waals surface area contributed by atoms with E-state index in [1.165, 1.54) is 122 Å². The van der Waals surface area contributed by atoms with E-state index in [1.54, 1.807) is 0 Å². The largest absolute Gasteiger partial charge is 0.462 e. The Morgan fingerprint density at radius 1 is 0.323 bits per heavy atom. The van der Waals surface area contributed by atoms with E-state index in [9.17, 15) is 14.4 Å². The number of hydrogen-bond donors (Lipinski definition) is 0. The molecule has 0 aromatic heterocycles. The van der Waals surface area contributed by atoms with Crippen LogP contribution < -0.4 is 0 Å². The molecular formula is C59H102O6. The fourth-order valence-electron chi connectivity index (χ4n) is 7.54. The summed E-state index contributed by atoms with van der Waals surface area (Å²) >= 11 is 0. The van der Waals surface area contributed by atoms with Crippen molar-refractivity contribution in [1.82, 2.24) is 0 Å². The molecule has 0 aliphatic rings. The maximum Gasteiger partial charge on any atom is 0.306 e. The van der Waals surface area contributed by atoms with Crippen LogP contribution in [-0.2, 0) is 28.6 Å². The molecule has 0 spiro atoms. The van der Waals surface area contributed by atoms with Crippen LogP contribution in [-0.4, -0.2) is 37.2 Å². The van der Waals surface area contributed by atoms with Gasteiger partial charge in [0, 0.05) is 19.3 Å². The van der Waals surface area contributed by atoms with Crippen LogP contribution in [0.25, 0.3) is 0 Å². The number of allylic oxidation sites excluding steroid dienone is 12. The molecule has 0 radical (unpaired) electrons. The van der Waals surface area contributed by atoms with Crippen molar-refractivity contribution in [3.05, 3.63) is 72.9 Å². The van der Waals surface area contributed by atoms with Gasteiger partial charge < -0.3 is 14.2 Å².